The first-order chi connectivity index (χ1) is 13.5. The fourth-order valence-electron chi connectivity index (χ4n) is 4.42. The molecule has 0 aliphatic heterocycles. The van der Waals surface area contributed by atoms with Gasteiger partial charge >= 0.3 is 0 Å². The zero-order valence-corrected chi connectivity index (χ0v) is 17.5. The van der Waals surface area contributed by atoms with Crippen molar-refractivity contribution in [3.05, 3.63) is 64.8 Å². The highest BCUT2D eigenvalue weighted by atomic mass is 16.5. The molecule has 0 spiro atoms. The molecule has 2 atom stereocenters. The van der Waals surface area contributed by atoms with Gasteiger partial charge in [0, 0.05) is 24.3 Å². The summed E-state index contributed by atoms with van der Waals surface area (Å²) in [6.45, 7) is 4.17. The van der Waals surface area contributed by atoms with Crippen molar-refractivity contribution in [2.75, 3.05) is 14.2 Å². The Morgan fingerprint density at radius 3 is 2.82 bits per heavy atom. The number of carbonyl (C=O) groups is 1. The molecule has 1 saturated carbocycles. The molecule has 1 aromatic rings. The standard InChI is InChI=1S/C25H31NO2/c1-17-9-5-6-10-20(16-24(17)18(2)26-3)25(27)23-14-8-13-22(23)19-11-7-12-21(15-19)28-4/h6-7,10-12,15-16,22-23H,5,8-9,13-14H2,1-4H3/b10-6+,20-16+,24-17+,26-18?/t22-,23?/m1/s1. The predicted molar refractivity (Wildman–Crippen MR) is 116 cm³/mol. The summed E-state index contributed by atoms with van der Waals surface area (Å²) in [5, 5.41) is 0. The predicted octanol–water partition coefficient (Wildman–Crippen LogP) is 5.83. The lowest BCUT2D eigenvalue weighted by atomic mass is 9.82. The van der Waals surface area contributed by atoms with Crippen LogP contribution in [0.4, 0.5) is 0 Å². The molecule has 148 valence electrons. The van der Waals surface area contributed by atoms with Crippen molar-refractivity contribution in [2.24, 2.45) is 10.9 Å². The summed E-state index contributed by atoms with van der Waals surface area (Å²) in [5.74, 6) is 1.41. The molecule has 0 amide bonds. The number of hydrogen-bond donors (Lipinski definition) is 0. The number of ether oxygens (including phenoxy) is 1. The Balaban J connectivity index is 1.94. The Morgan fingerprint density at radius 2 is 2.07 bits per heavy atom. The van der Waals surface area contributed by atoms with E-state index in [4.69, 9.17) is 4.74 Å². The lowest BCUT2D eigenvalue weighted by Crippen LogP contribution is -2.20. The van der Waals surface area contributed by atoms with Gasteiger partial charge in [-0.25, -0.2) is 0 Å². The maximum Gasteiger partial charge on any atom is 0.166 e. The summed E-state index contributed by atoms with van der Waals surface area (Å²) in [6, 6.07) is 8.20. The van der Waals surface area contributed by atoms with Crippen LogP contribution in [0, 0.1) is 5.92 Å². The van der Waals surface area contributed by atoms with Gasteiger partial charge in [0.2, 0.25) is 0 Å². The molecule has 2 aliphatic carbocycles. The number of aliphatic imine (C=N–C) groups is 1. The van der Waals surface area contributed by atoms with Crippen molar-refractivity contribution >= 4 is 11.5 Å². The lowest BCUT2D eigenvalue weighted by molar-refractivity contribution is -0.119. The van der Waals surface area contributed by atoms with Crippen LogP contribution in [0.1, 0.15) is 57.4 Å². The van der Waals surface area contributed by atoms with Gasteiger partial charge in [0.25, 0.3) is 0 Å². The van der Waals surface area contributed by atoms with E-state index in [0.29, 0.717) is 0 Å². The number of carbonyl (C=O) groups excluding carboxylic acids is 1. The van der Waals surface area contributed by atoms with Crippen LogP contribution in [0.25, 0.3) is 0 Å². The number of benzene rings is 1. The lowest BCUT2D eigenvalue weighted by Gasteiger charge is -2.21. The molecule has 0 saturated heterocycles. The number of ketones is 1. The fraction of sp³-hybridized carbons (Fsp3) is 0.440. The van der Waals surface area contributed by atoms with E-state index in [1.165, 1.54) is 11.1 Å². The molecular formula is C25H31NO2. The van der Waals surface area contributed by atoms with Gasteiger partial charge in [0.05, 0.1) is 7.11 Å². The third-order valence-corrected chi connectivity index (χ3v) is 6.13. The Labute approximate surface area is 168 Å². The largest absolute Gasteiger partial charge is 0.497 e. The van der Waals surface area contributed by atoms with Gasteiger partial charge in [0.15, 0.2) is 5.78 Å². The molecular weight excluding hydrogens is 346 g/mol. The first-order valence-corrected chi connectivity index (χ1v) is 10.2. The third-order valence-electron chi connectivity index (χ3n) is 6.13. The first kappa shape index (κ1) is 20.3. The smallest absolute Gasteiger partial charge is 0.166 e. The van der Waals surface area contributed by atoms with Gasteiger partial charge in [0.1, 0.15) is 5.75 Å². The maximum atomic E-state index is 13.6. The van der Waals surface area contributed by atoms with Gasteiger partial charge in [-0.05, 0) is 74.8 Å². The summed E-state index contributed by atoms with van der Waals surface area (Å²) in [7, 11) is 3.50. The molecule has 0 radical (unpaired) electrons. The molecule has 28 heavy (non-hydrogen) atoms. The van der Waals surface area contributed by atoms with Crippen molar-refractivity contribution < 1.29 is 9.53 Å². The Morgan fingerprint density at radius 1 is 1.25 bits per heavy atom. The summed E-state index contributed by atoms with van der Waals surface area (Å²) >= 11 is 0. The van der Waals surface area contributed by atoms with Crippen LogP contribution in [0.15, 0.2) is 64.2 Å². The SMILES string of the molecule is CN=C(C)C1=C(\C)CC/C=C/C(C(=O)C2CCC[C@@H]2c2cccc(OC)c2)=C\1. The molecule has 0 aromatic heterocycles. The van der Waals surface area contributed by atoms with Gasteiger partial charge in [-0.2, -0.15) is 0 Å². The minimum absolute atomic E-state index is 0.0304. The highest BCUT2D eigenvalue weighted by Gasteiger charge is 2.35. The van der Waals surface area contributed by atoms with E-state index in [2.05, 4.69) is 36.2 Å². The maximum absolute atomic E-state index is 13.6. The second kappa shape index (κ2) is 9.18. The number of Topliss-reactive ketones (excluding diaryl/α,β-unsaturated/α-hetero) is 1. The molecule has 3 nitrogen and oxygen atoms in total. The highest BCUT2D eigenvalue weighted by molar-refractivity contribution is 6.06. The van der Waals surface area contributed by atoms with E-state index in [0.717, 1.165) is 54.7 Å². The van der Waals surface area contributed by atoms with E-state index in [1.54, 1.807) is 7.11 Å². The quantitative estimate of drug-likeness (QED) is 0.605. The van der Waals surface area contributed by atoms with Crippen LogP contribution < -0.4 is 4.74 Å². The number of nitrogens with zero attached hydrogens (tertiary/aromatic N) is 1. The second-order valence-electron chi connectivity index (χ2n) is 7.83. The van der Waals surface area contributed by atoms with Crippen LogP contribution in [0.2, 0.25) is 0 Å². The minimum atomic E-state index is 0.0304. The molecule has 0 heterocycles. The van der Waals surface area contributed by atoms with Crippen LogP contribution in [0.3, 0.4) is 0 Å². The molecule has 1 aromatic carbocycles. The Bertz CT molecular complexity index is 857. The summed E-state index contributed by atoms with van der Waals surface area (Å²) in [5.41, 5.74) is 5.44. The first-order valence-electron chi connectivity index (χ1n) is 10.2. The molecule has 0 N–H and O–H groups in total. The highest BCUT2D eigenvalue weighted by Crippen LogP contribution is 2.42. The van der Waals surface area contributed by atoms with E-state index in [-0.39, 0.29) is 17.6 Å². The number of allylic oxidation sites excluding steroid dienone is 6. The topological polar surface area (TPSA) is 38.7 Å². The van der Waals surface area contributed by atoms with Crippen LogP contribution in [-0.4, -0.2) is 25.7 Å². The van der Waals surface area contributed by atoms with E-state index >= 15 is 0 Å². The molecule has 2 aliphatic rings. The van der Waals surface area contributed by atoms with Gasteiger partial charge in [-0.3, -0.25) is 9.79 Å². The van der Waals surface area contributed by atoms with E-state index < -0.39 is 0 Å². The van der Waals surface area contributed by atoms with Crippen molar-refractivity contribution in [3.8, 4) is 5.75 Å². The number of rotatable bonds is 5. The van der Waals surface area contributed by atoms with Gasteiger partial charge in [-0.1, -0.05) is 36.3 Å². The van der Waals surface area contributed by atoms with E-state index in [9.17, 15) is 4.79 Å². The average Bonchev–Trinajstić information content (AvgIpc) is 3.20. The van der Waals surface area contributed by atoms with Crippen LogP contribution >= 0.6 is 0 Å². The Hall–Kier alpha value is -2.42. The third kappa shape index (κ3) is 4.35. The van der Waals surface area contributed by atoms with Crippen LogP contribution in [0.5, 0.6) is 5.75 Å². The average molecular weight is 378 g/mol. The minimum Gasteiger partial charge on any atom is -0.497 e. The van der Waals surface area contributed by atoms with Crippen molar-refractivity contribution in [3.63, 3.8) is 0 Å². The normalized spacial score (nSPS) is 28.9. The Kier molecular flexibility index (Phi) is 6.66. The summed E-state index contributed by atoms with van der Waals surface area (Å²) in [6.07, 6.45) is 11.3. The fourth-order valence-corrected chi connectivity index (χ4v) is 4.42. The summed E-state index contributed by atoms with van der Waals surface area (Å²) in [4.78, 5) is 17.9. The molecule has 3 rings (SSSR count). The molecule has 1 fully saturated rings. The van der Waals surface area contributed by atoms with Gasteiger partial charge < -0.3 is 4.74 Å². The zero-order chi connectivity index (χ0) is 20.1. The van der Waals surface area contributed by atoms with Crippen LogP contribution in [-0.2, 0) is 4.79 Å². The molecule has 3 heteroatoms. The van der Waals surface area contributed by atoms with Crippen molar-refractivity contribution in [1.29, 1.82) is 0 Å². The zero-order valence-electron chi connectivity index (χ0n) is 17.5. The number of hydrogen-bond acceptors (Lipinski definition) is 3. The second-order valence-corrected chi connectivity index (χ2v) is 7.83. The van der Waals surface area contributed by atoms with Gasteiger partial charge in [-0.15, -0.1) is 0 Å². The van der Waals surface area contributed by atoms with Crippen molar-refractivity contribution in [2.45, 2.75) is 51.9 Å². The van der Waals surface area contributed by atoms with Crippen molar-refractivity contribution in [1.82, 2.24) is 0 Å². The molecule has 1 unspecified atom stereocenters. The van der Waals surface area contributed by atoms with E-state index in [1.807, 2.05) is 32.2 Å². The molecule has 0 bridgehead atoms. The summed E-state index contributed by atoms with van der Waals surface area (Å²) < 4.78 is 5.39. The monoisotopic (exact) mass is 377 g/mol. The number of methoxy groups -OCH3 is 1.